The van der Waals surface area contributed by atoms with Gasteiger partial charge in [-0.15, -0.1) is 0 Å². The monoisotopic (exact) mass is 803 g/mol. The lowest BCUT2D eigenvalue weighted by atomic mass is 9.97. The molecule has 0 N–H and O–H groups in total. The van der Waals surface area contributed by atoms with Crippen LogP contribution >= 0.6 is 0 Å². The van der Waals surface area contributed by atoms with Gasteiger partial charge < -0.3 is 4.57 Å². The molecule has 294 valence electrons. The van der Waals surface area contributed by atoms with E-state index in [1.54, 1.807) is 0 Å². The normalized spacial score (nSPS) is 11.5. The third-order valence-electron chi connectivity index (χ3n) is 12.2. The van der Waals surface area contributed by atoms with Gasteiger partial charge in [0.2, 0.25) is 0 Å². The molecule has 5 heteroatoms. The fraction of sp³-hybridized carbons (Fsp3) is 0. The second-order valence-corrected chi connectivity index (χ2v) is 15.9. The average molecular weight is 804 g/mol. The minimum absolute atomic E-state index is 0.906. The van der Waals surface area contributed by atoms with E-state index in [0.29, 0.717) is 0 Å². The molecule has 7 aromatic carbocycles. The van der Waals surface area contributed by atoms with Crippen LogP contribution in [0.5, 0.6) is 0 Å². The van der Waals surface area contributed by atoms with Crippen LogP contribution in [0.1, 0.15) is 0 Å². The predicted octanol–water partition coefficient (Wildman–Crippen LogP) is 14.7. The van der Waals surface area contributed by atoms with Gasteiger partial charge in [-0.2, -0.15) is 0 Å². The van der Waals surface area contributed by atoms with Gasteiger partial charge in [0, 0.05) is 68.7 Å². The summed E-state index contributed by atoms with van der Waals surface area (Å²) in [6.45, 7) is 0. The molecule has 5 aromatic heterocycles. The lowest BCUT2D eigenvalue weighted by Gasteiger charge is -2.14. The highest BCUT2D eigenvalue weighted by Gasteiger charge is 2.18. The lowest BCUT2D eigenvalue weighted by molar-refractivity contribution is 1.18. The number of pyridine rings is 4. The first-order valence-electron chi connectivity index (χ1n) is 21.2. The van der Waals surface area contributed by atoms with Crippen LogP contribution in [0.25, 0.3) is 116 Å². The van der Waals surface area contributed by atoms with E-state index in [2.05, 4.69) is 190 Å². The van der Waals surface area contributed by atoms with Crippen LogP contribution < -0.4 is 0 Å². The van der Waals surface area contributed by atoms with Crippen LogP contribution in [-0.4, -0.2) is 24.5 Å². The Morgan fingerprint density at radius 1 is 0.286 bits per heavy atom. The van der Waals surface area contributed by atoms with E-state index in [4.69, 9.17) is 9.97 Å². The maximum absolute atomic E-state index is 5.31. The molecule has 0 aliphatic heterocycles. The maximum atomic E-state index is 5.31. The molecule has 5 nitrogen and oxygen atoms in total. The van der Waals surface area contributed by atoms with Crippen molar-refractivity contribution in [3.05, 3.63) is 225 Å². The fourth-order valence-electron chi connectivity index (χ4n) is 9.08. The highest BCUT2D eigenvalue weighted by molar-refractivity contribution is 6.20. The van der Waals surface area contributed by atoms with E-state index in [1.807, 2.05) is 49.1 Å². The first kappa shape index (κ1) is 36.3. The molecule has 63 heavy (non-hydrogen) atoms. The summed E-state index contributed by atoms with van der Waals surface area (Å²) in [4.78, 5) is 19.0. The van der Waals surface area contributed by atoms with Gasteiger partial charge in [0.25, 0.3) is 0 Å². The summed E-state index contributed by atoms with van der Waals surface area (Å²) in [6, 6.07) is 71.3. The van der Waals surface area contributed by atoms with Gasteiger partial charge in [-0.05, 0) is 112 Å². The van der Waals surface area contributed by atoms with Crippen molar-refractivity contribution in [1.82, 2.24) is 24.5 Å². The number of para-hydroxylation sites is 2. The number of hydrogen-bond donors (Lipinski definition) is 0. The molecule has 0 fully saturated rings. The Bertz CT molecular complexity index is 3540. The standard InChI is InChI=1S/C58H37N5/c1-2-9-44(10-3-1)58-52-37-57-51(36-50(52)48-13-4-6-15-53(48)62-58)49-14-5-7-16-56(49)63(57)47-12-8-11-45(33-47)46-34-54(42-21-17-38(18-22-42)40-25-29-59-30-26-40)61-55(35-46)43-23-19-39(20-24-43)41-27-31-60-32-28-41/h1-37H. The van der Waals surface area contributed by atoms with E-state index in [1.165, 1.54) is 16.2 Å². The molecule has 0 unspecified atom stereocenters. The number of fused-ring (bicyclic) bond motifs is 6. The van der Waals surface area contributed by atoms with Crippen LogP contribution in [0.15, 0.2) is 225 Å². The number of rotatable bonds is 7. The average Bonchev–Trinajstić information content (AvgIpc) is 3.69. The molecule has 12 aromatic rings. The first-order chi connectivity index (χ1) is 31.2. The molecule has 0 spiro atoms. The zero-order valence-electron chi connectivity index (χ0n) is 34.1. The van der Waals surface area contributed by atoms with Gasteiger partial charge in [-0.25, -0.2) is 9.97 Å². The molecule has 0 atom stereocenters. The SMILES string of the molecule is c1ccc(-c2nc3ccccc3c3cc4c5ccccc5n(-c5cccc(-c6cc(-c7ccc(-c8ccncc8)cc7)nc(-c7ccc(-c8ccncc8)cc7)c6)c5)c4cc23)cc1. The van der Waals surface area contributed by atoms with E-state index in [0.717, 1.165) is 100 Å². The summed E-state index contributed by atoms with van der Waals surface area (Å²) in [7, 11) is 0. The fourth-order valence-corrected chi connectivity index (χ4v) is 9.08. The minimum Gasteiger partial charge on any atom is -0.309 e. The smallest absolute Gasteiger partial charge is 0.0788 e. The summed E-state index contributed by atoms with van der Waals surface area (Å²) >= 11 is 0. The Morgan fingerprint density at radius 2 is 0.841 bits per heavy atom. The topological polar surface area (TPSA) is 56.5 Å². The predicted molar refractivity (Wildman–Crippen MR) is 260 cm³/mol. The van der Waals surface area contributed by atoms with Crippen molar-refractivity contribution in [2.75, 3.05) is 0 Å². The van der Waals surface area contributed by atoms with Gasteiger partial charge in [0.1, 0.15) is 0 Å². The van der Waals surface area contributed by atoms with Crippen molar-refractivity contribution in [1.29, 1.82) is 0 Å². The van der Waals surface area contributed by atoms with Crippen molar-refractivity contribution < 1.29 is 0 Å². The third-order valence-corrected chi connectivity index (χ3v) is 12.2. The molecule has 0 amide bonds. The highest BCUT2D eigenvalue weighted by Crippen LogP contribution is 2.41. The number of benzene rings is 7. The van der Waals surface area contributed by atoms with Crippen LogP contribution in [0.2, 0.25) is 0 Å². The van der Waals surface area contributed by atoms with Crippen molar-refractivity contribution in [3.63, 3.8) is 0 Å². The molecular weight excluding hydrogens is 767 g/mol. The van der Waals surface area contributed by atoms with Crippen molar-refractivity contribution in [2.24, 2.45) is 0 Å². The molecule has 0 saturated heterocycles. The van der Waals surface area contributed by atoms with Crippen LogP contribution in [0, 0.1) is 0 Å². The van der Waals surface area contributed by atoms with Crippen molar-refractivity contribution in [2.45, 2.75) is 0 Å². The Hall–Kier alpha value is -8.54. The van der Waals surface area contributed by atoms with Gasteiger partial charge in [0.05, 0.1) is 33.6 Å². The minimum atomic E-state index is 0.906. The quantitative estimate of drug-likeness (QED) is 0.151. The van der Waals surface area contributed by atoms with Crippen molar-refractivity contribution >= 4 is 43.5 Å². The second kappa shape index (κ2) is 15.2. The summed E-state index contributed by atoms with van der Waals surface area (Å²) < 4.78 is 2.41. The highest BCUT2D eigenvalue weighted by atomic mass is 15.0. The molecule has 12 rings (SSSR count). The molecule has 0 radical (unpaired) electrons. The molecule has 0 saturated carbocycles. The number of aromatic nitrogens is 5. The lowest BCUT2D eigenvalue weighted by Crippen LogP contribution is -1.96. The number of nitrogens with zero attached hydrogens (tertiary/aromatic N) is 5. The summed E-state index contributed by atoms with van der Waals surface area (Å²) in [5.41, 5.74) is 17.1. The molecule has 0 bridgehead atoms. The van der Waals surface area contributed by atoms with Crippen LogP contribution in [-0.2, 0) is 0 Å². The molecule has 0 aliphatic carbocycles. The van der Waals surface area contributed by atoms with E-state index in [9.17, 15) is 0 Å². The largest absolute Gasteiger partial charge is 0.309 e. The van der Waals surface area contributed by atoms with Gasteiger partial charge in [0.15, 0.2) is 0 Å². The van der Waals surface area contributed by atoms with Gasteiger partial charge in [-0.1, -0.05) is 127 Å². The van der Waals surface area contributed by atoms with E-state index < -0.39 is 0 Å². The van der Waals surface area contributed by atoms with Crippen molar-refractivity contribution in [3.8, 4) is 72.8 Å². The first-order valence-corrected chi connectivity index (χ1v) is 21.2. The summed E-state index contributed by atoms with van der Waals surface area (Å²) in [5, 5.41) is 5.89. The third kappa shape index (κ3) is 6.51. The molecular formula is C58H37N5. The summed E-state index contributed by atoms with van der Waals surface area (Å²) in [6.07, 6.45) is 7.32. The Balaban J connectivity index is 1.03. The molecule has 5 heterocycles. The van der Waals surface area contributed by atoms with Crippen LogP contribution in [0.3, 0.4) is 0 Å². The van der Waals surface area contributed by atoms with Crippen LogP contribution in [0.4, 0.5) is 0 Å². The van der Waals surface area contributed by atoms with E-state index >= 15 is 0 Å². The van der Waals surface area contributed by atoms with E-state index in [-0.39, 0.29) is 0 Å². The Kier molecular flexibility index (Phi) is 8.75. The maximum Gasteiger partial charge on any atom is 0.0788 e. The zero-order chi connectivity index (χ0) is 41.7. The summed E-state index contributed by atoms with van der Waals surface area (Å²) in [5.74, 6) is 0. The van der Waals surface area contributed by atoms with Gasteiger partial charge in [-0.3, -0.25) is 9.97 Å². The second-order valence-electron chi connectivity index (χ2n) is 15.9. The van der Waals surface area contributed by atoms with Gasteiger partial charge >= 0.3 is 0 Å². The zero-order valence-corrected chi connectivity index (χ0v) is 34.1. The molecule has 0 aliphatic rings. The number of hydrogen-bond acceptors (Lipinski definition) is 4. The Morgan fingerprint density at radius 3 is 1.51 bits per heavy atom. The Labute approximate surface area is 364 Å².